The van der Waals surface area contributed by atoms with Crippen molar-refractivity contribution in [2.75, 3.05) is 32.1 Å². The summed E-state index contributed by atoms with van der Waals surface area (Å²) in [7, 11) is 1.73. The van der Waals surface area contributed by atoms with Crippen LogP contribution in [0, 0.1) is 0 Å². The molecule has 0 bridgehead atoms. The number of methoxy groups -OCH3 is 1. The summed E-state index contributed by atoms with van der Waals surface area (Å²) in [6.07, 6.45) is 0. The van der Waals surface area contributed by atoms with Gasteiger partial charge in [-0.3, -0.25) is 9.69 Å². The molecule has 1 amide bonds. The van der Waals surface area contributed by atoms with Crippen molar-refractivity contribution >= 4 is 22.9 Å². The molecule has 1 N–H and O–H groups in total. The molecule has 2 aliphatic rings. The molecule has 27 heavy (non-hydrogen) atoms. The monoisotopic (exact) mass is 364 g/mol. The molecule has 0 saturated carbocycles. The van der Waals surface area contributed by atoms with E-state index < -0.39 is 0 Å². The van der Waals surface area contributed by atoms with Crippen molar-refractivity contribution in [2.45, 2.75) is 20.1 Å². The molecule has 5 nitrogen and oxygen atoms in total. The number of para-hydroxylation sites is 1. The molecule has 5 heteroatoms. The summed E-state index contributed by atoms with van der Waals surface area (Å²) in [4.78, 5) is 14.9. The molecule has 0 unspecified atom stereocenters. The Bertz CT molecular complexity index is 904. The van der Waals surface area contributed by atoms with E-state index >= 15 is 0 Å². The number of carbonyl (C=O) groups is 1. The Balaban J connectivity index is 1.63. The number of anilines is 1. The molecule has 4 rings (SSSR count). The van der Waals surface area contributed by atoms with Gasteiger partial charge in [0.1, 0.15) is 12.4 Å². The predicted octanol–water partition coefficient (Wildman–Crippen LogP) is 3.51. The maximum Gasteiger partial charge on any atom is 0.260 e. The Morgan fingerprint density at radius 2 is 2.04 bits per heavy atom. The van der Waals surface area contributed by atoms with Crippen LogP contribution in [0.1, 0.15) is 29.2 Å². The van der Waals surface area contributed by atoms with Crippen molar-refractivity contribution in [3.05, 3.63) is 64.7 Å². The van der Waals surface area contributed by atoms with Gasteiger partial charge in [0, 0.05) is 42.6 Å². The Morgan fingerprint density at radius 1 is 1.19 bits per heavy atom. The number of nitrogens with one attached hydrogen (secondary N) is 1. The van der Waals surface area contributed by atoms with Crippen LogP contribution in [0.25, 0.3) is 11.3 Å². The normalized spacial score (nSPS) is 17.7. The molecule has 0 saturated heterocycles. The van der Waals surface area contributed by atoms with Gasteiger partial charge in [0.2, 0.25) is 0 Å². The van der Waals surface area contributed by atoms with Crippen LogP contribution in [0.3, 0.4) is 0 Å². The first-order valence-corrected chi connectivity index (χ1v) is 9.32. The molecular formula is C22H24N2O3. The number of amides is 1. The van der Waals surface area contributed by atoms with Gasteiger partial charge in [0.15, 0.2) is 0 Å². The van der Waals surface area contributed by atoms with Gasteiger partial charge >= 0.3 is 0 Å². The minimum absolute atomic E-state index is 0.0974. The molecule has 2 heterocycles. The first-order chi connectivity index (χ1) is 13.2. The Kier molecular flexibility index (Phi) is 4.97. The predicted molar refractivity (Wildman–Crippen MR) is 106 cm³/mol. The van der Waals surface area contributed by atoms with Crippen molar-refractivity contribution in [3.63, 3.8) is 0 Å². The lowest BCUT2D eigenvalue weighted by Gasteiger charge is -2.20. The second-order valence-electron chi connectivity index (χ2n) is 6.85. The van der Waals surface area contributed by atoms with E-state index in [4.69, 9.17) is 9.47 Å². The second kappa shape index (κ2) is 7.55. The molecule has 0 spiro atoms. The molecule has 140 valence electrons. The molecule has 2 aromatic rings. The van der Waals surface area contributed by atoms with E-state index in [9.17, 15) is 4.79 Å². The highest BCUT2D eigenvalue weighted by atomic mass is 16.5. The van der Waals surface area contributed by atoms with Crippen LogP contribution in [0.5, 0.6) is 0 Å². The van der Waals surface area contributed by atoms with Crippen molar-refractivity contribution in [1.82, 2.24) is 4.90 Å². The quantitative estimate of drug-likeness (QED) is 0.797. The molecule has 0 fully saturated rings. The van der Waals surface area contributed by atoms with E-state index in [1.165, 1.54) is 5.56 Å². The maximum absolute atomic E-state index is 12.5. The number of hydrogen-bond donors (Lipinski definition) is 1. The largest absolute Gasteiger partial charge is 0.487 e. The number of rotatable bonds is 6. The van der Waals surface area contributed by atoms with Crippen LogP contribution in [0.4, 0.5) is 5.69 Å². The third kappa shape index (κ3) is 3.36. The summed E-state index contributed by atoms with van der Waals surface area (Å²) >= 11 is 0. The number of benzene rings is 2. The zero-order valence-corrected chi connectivity index (χ0v) is 15.7. The van der Waals surface area contributed by atoms with Crippen LogP contribution >= 0.6 is 0 Å². The van der Waals surface area contributed by atoms with Crippen LogP contribution in [-0.2, 0) is 27.4 Å². The number of likely N-dealkylation sites (N-methyl/N-ethyl adjacent to an activating group) is 1. The van der Waals surface area contributed by atoms with E-state index in [1.54, 1.807) is 7.11 Å². The van der Waals surface area contributed by atoms with Crippen LogP contribution in [0.2, 0.25) is 0 Å². The van der Waals surface area contributed by atoms with Gasteiger partial charge in [-0.15, -0.1) is 0 Å². The molecule has 0 aliphatic carbocycles. The zero-order chi connectivity index (χ0) is 18.8. The third-order valence-electron chi connectivity index (χ3n) is 5.15. The van der Waals surface area contributed by atoms with Crippen LogP contribution in [0.15, 0.2) is 42.5 Å². The van der Waals surface area contributed by atoms with Crippen LogP contribution < -0.4 is 5.32 Å². The lowest BCUT2D eigenvalue weighted by atomic mass is 9.99. The number of carbonyl (C=O) groups excluding carboxylic acids is 1. The molecule has 0 aromatic heterocycles. The highest BCUT2D eigenvalue weighted by Gasteiger charge is 2.32. The van der Waals surface area contributed by atoms with Crippen LogP contribution in [-0.4, -0.2) is 37.6 Å². The van der Waals surface area contributed by atoms with Crippen molar-refractivity contribution in [1.29, 1.82) is 0 Å². The second-order valence-corrected chi connectivity index (χ2v) is 6.85. The molecular weight excluding hydrogens is 340 g/mol. The summed E-state index contributed by atoms with van der Waals surface area (Å²) in [5.41, 5.74) is 5.78. The number of nitrogens with zero attached hydrogens (tertiary/aromatic N) is 1. The Hall–Kier alpha value is -2.63. The van der Waals surface area contributed by atoms with Gasteiger partial charge in [-0.1, -0.05) is 43.3 Å². The summed E-state index contributed by atoms with van der Waals surface area (Å²) < 4.78 is 11.2. The van der Waals surface area contributed by atoms with E-state index in [0.717, 1.165) is 48.6 Å². The van der Waals surface area contributed by atoms with E-state index in [1.807, 2.05) is 24.3 Å². The summed E-state index contributed by atoms with van der Waals surface area (Å²) in [6.45, 7) is 6.15. The topological polar surface area (TPSA) is 50.8 Å². The van der Waals surface area contributed by atoms with E-state index in [0.29, 0.717) is 17.9 Å². The molecule has 0 radical (unpaired) electrons. The molecule has 2 aliphatic heterocycles. The fourth-order valence-electron chi connectivity index (χ4n) is 3.69. The summed E-state index contributed by atoms with van der Waals surface area (Å²) in [6, 6.07) is 14.1. The van der Waals surface area contributed by atoms with Gasteiger partial charge in [0.25, 0.3) is 5.91 Å². The average molecular weight is 364 g/mol. The standard InChI is InChI=1S/C22H24N2O3/c1-3-24(10-11-26-2)13-15-8-9-17-16(12-15)14-27-21(17)20-18-6-4-5-7-19(18)23-22(20)25/h4-9,12H,3,10-11,13-14H2,1-2H3,(H,23,25). The fraction of sp³-hybridized carbons (Fsp3) is 0.318. The number of fused-ring (bicyclic) bond motifs is 2. The summed E-state index contributed by atoms with van der Waals surface area (Å²) in [5, 5.41) is 2.92. The van der Waals surface area contributed by atoms with Gasteiger partial charge in [0.05, 0.1) is 12.2 Å². The third-order valence-corrected chi connectivity index (χ3v) is 5.15. The Labute approximate surface area is 159 Å². The first kappa shape index (κ1) is 17.8. The Morgan fingerprint density at radius 3 is 2.85 bits per heavy atom. The molecule has 0 atom stereocenters. The van der Waals surface area contributed by atoms with Gasteiger partial charge in [-0.05, 0) is 18.2 Å². The van der Waals surface area contributed by atoms with Gasteiger partial charge in [-0.2, -0.15) is 0 Å². The highest BCUT2D eigenvalue weighted by molar-refractivity contribution is 6.36. The maximum atomic E-state index is 12.5. The fourth-order valence-corrected chi connectivity index (χ4v) is 3.69. The highest BCUT2D eigenvalue weighted by Crippen LogP contribution is 2.41. The number of ether oxygens (including phenoxy) is 2. The number of hydrogen-bond acceptors (Lipinski definition) is 4. The smallest absolute Gasteiger partial charge is 0.260 e. The minimum Gasteiger partial charge on any atom is -0.487 e. The average Bonchev–Trinajstić information content (AvgIpc) is 3.24. The van der Waals surface area contributed by atoms with Crippen molar-refractivity contribution < 1.29 is 14.3 Å². The van der Waals surface area contributed by atoms with Gasteiger partial charge < -0.3 is 14.8 Å². The SMILES string of the molecule is CCN(CCOC)Cc1ccc2c(c1)COC2=C1C(=O)Nc2ccccc21. The first-order valence-electron chi connectivity index (χ1n) is 9.32. The lowest BCUT2D eigenvalue weighted by molar-refractivity contribution is -0.110. The van der Waals surface area contributed by atoms with Crippen molar-refractivity contribution in [2.24, 2.45) is 0 Å². The lowest BCUT2D eigenvalue weighted by Crippen LogP contribution is -2.26. The summed E-state index contributed by atoms with van der Waals surface area (Å²) in [5.74, 6) is 0.589. The van der Waals surface area contributed by atoms with E-state index in [-0.39, 0.29) is 5.91 Å². The molecule has 2 aromatic carbocycles. The van der Waals surface area contributed by atoms with Gasteiger partial charge in [-0.25, -0.2) is 0 Å². The zero-order valence-electron chi connectivity index (χ0n) is 15.7. The van der Waals surface area contributed by atoms with E-state index in [2.05, 4.69) is 35.3 Å². The minimum atomic E-state index is -0.0974. The van der Waals surface area contributed by atoms with Crippen molar-refractivity contribution in [3.8, 4) is 0 Å².